The normalized spacial score (nSPS) is 13.6. The first kappa shape index (κ1) is 18.4. The summed E-state index contributed by atoms with van der Waals surface area (Å²) in [6.45, 7) is 1.66. The van der Waals surface area contributed by atoms with Crippen LogP contribution >= 0.6 is 0 Å². The highest BCUT2D eigenvalue weighted by Gasteiger charge is 2.29. The molecule has 0 saturated carbocycles. The molecule has 1 aromatic rings. The van der Waals surface area contributed by atoms with Gasteiger partial charge in [-0.3, -0.25) is 9.69 Å². The standard InChI is InChI=1S/C17H20N2O6/c1-2-3-8-24-15(21)11-25-16(22)13-7-5-4-6-12(13)10-19-14(20)9-18-17(19)23/h4-7H,2-3,8-11H2,1H3,(H,18,23). The van der Waals surface area contributed by atoms with Crippen LogP contribution in [0.25, 0.3) is 0 Å². The molecular formula is C17H20N2O6. The zero-order valence-electron chi connectivity index (χ0n) is 13.9. The molecule has 25 heavy (non-hydrogen) atoms. The van der Waals surface area contributed by atoms with Crippen LogP contribution in [0.1, 0.15) is 35.7 Å². The van der Waals surface area contributed by atoms with Crippen molar-refractivity contribution in [3.63, 3.8) is 0 Å². The Morgan fingerprint density at radius 1 is 1.20 bits per heavy atom. The molecular weight excluding hydrogens is 328 g/mol. The van der Waals surface area contributed by atoms with Crippen molar-refractivity contribution in [3.05, 3.63) is 35.4 Å². The Kier molecular flexibility index (Phi) is 6.50. The number of nitrogens with one attached hydrogen (secondary N) is 1. The van der Waals surface area contributed by atoms with Gasteiger partial charge < -0.3 is 14.8 Å². The molecule has 0 radical (unpaired) electrons. The lowest BCUT2D eigenvalue weighted by Crippen LogP contribution is -2.31. The molecule has 1 aliphatic heterocycles. The van der Waals surface area contributed by atoms with Crippen LogP contribution in [-0.2, 0) is 25.6 Å². The predicted octanol–water partition coefficient (Wildman–Crippen LogP) is 1.24. The summed E-state index contributed by atoms with van der Waals surface area (Å²) >= 11 is 0. The first-order chi connectivity index (χ1) is 12.0. The van der Waals surface area contributed by atoms with Crippen molar-refractivity contribution >= 4 is 23.9 Å². The summed E-state index contributed by atoms with van der Waals surface area (Å²) in [6, 6.07) is 5.94. The monoisotopic (exact) mass is 348 g/mol. The first-order valence-electron chi connectivity index (χ1n) is 8.01. The molecule has 8 nitrogen and oxygen atoms in total. The van der Waals surface area contributed by atoms with Crippen molar-refractivity contribution in [2.45, 2.75) is 26.3 Å². The van der Waals surface area contributed by atoms with E-state index in [0.29, 0.717) is 5.56 Å². The van der Waals surface area contributed by atoms with E-state index in [4.69, 9.17) is 9.47 Å². The summed E-state index contributed by atoms with van der Waals surface area (Å²) < 4.78 is 9.87. The SMILES string of the molecule is CCCCOC(=O)COC(=O)c1ccccc1CN1C(=O)CNC1=O. The summed E-state index contributed by atoms with van der Waals surface area (Å²) in [7, 11) is 0. The molecule has 0 atom stereocenters. The second-order valence-electron chi connectivity index (χ2n) is 5.45. The molecule has 1 heterocycles. The summed E-state index contributed by atoms with van der Waals surface area (Å²) in [4.78, 5) is 48.0. The average Bonchev–Trinajstić information content (AvgIpc) is 2.92. The third kappa shape index (κ3) is 5.03. The zero-order valence-corrected chi connectivity index (χ0v) is 13.9. The highest BCUT2D eigenvalue weighted by atomic mass is 16.6. The number of amides is 3. The Bertz CT molecular complexity index is 657. The second-order valence-corrected chi connectivity index (χ2v) is 5.45. The van der Waals surface area contributed by atoms with Gasteiger partial charge in [-0.15, -0.1) is 0 Å². The van der Waals surface area contributed by atoms with Gasteiger partial charge in [0.05, 0.1) is 25.3 Å². The highest BCUT2D eigenvalue weighted by Crippen LogP contribution is 2.15. The van der Waals surface area contributed by atoms with E-state index in [1.54, 1.807) is 18.2 Å². The average molecular weight is 348 g/mol. The van der Waals surface area contributed by atoms with Gasteiger partial charge in [0.1, 0.15) is 0 Å². The molecule has 0 unspecified atom stereocenters. The molecule has 2 rings (SSSR count). The topological polar surface area (TPSA) is 102 Å². The fraction of sp³-hybridized carbons (Fsp3) is 0.412. The number of nitrogens with zero attached hydrogens (tertiary/aromatic N) is 1. The van der Waals surface area contributed by atoms with Gasteiger partial charge in [-0.25, -0.2) is 14.4 Å². The lowest BCUT2D eigenvalue weighted by atomic mass is 10.1. The van der Waals surface area contributed by atoms with Crippen LogP contribution in [0.15, 0.2) is 24.3 Å². The number of ether oxygens (including phenoxy) is 2. The van der Waals surface area contributed by atoms with Crippen molar-refractivity contribution in [2.24, 2.45) is 0 Å². The van der Waals surface area contributed by atoms with E-state index >= 15 is 0 Å². The van der Waals surface area contributed by atoms with E-state index in [0.717, 1.165) is 17.7 Å². The van der Waals surface area contributed by atoms with Crippen molar-refractivity contribution in [1.82, 2.24) is 10.2 Å². The molecule has 1 saturated heterocycles. The third-order valence-electron chi connectivity index (χ3n) is 3.58. The number of hydrogen-bond donors (Lipinski definition) is 1. The molecule has 0 bridgehead atoms. The van der Waals surface area contributed by atoms with Gasteiger partial charge in [0.25, 0.3) is 0 Å². The maximum atomic E-state index is 12.2. The lowest BCUT2D eigenvalue weighted by molar-refractivity contribution is -0.147. The quantitative estimate of drug-likeness (QED) is 0.431. The number of rotatable bonds is 8. The number of benzene rings is 1. The van der Waals surface area contributed by atoms with Gasteiger partial charge in [-0.2, -0.15) is 0 Å². The highest BCUT2D eigenvalue weighted by molar-refractivity contribution is 6.02. The van der Waals surface area contributed by atoms with E-state index in [9.17, 15) is 19.2 Å². The van der Waals surface area contributed by atoms with E-state index in [2.05, 4.69) is 5.32 Å². The number of urea groups is 1. The fourth-order valence-corrected chi connectivity index (χ4v) is 2.22. The fourth-order valence-electron chi connectivity index (χ4n) is 2.22. The summed E-state index contributed by atoms with van der Waals surface area (Å²) in [6.07, 6.45) is 1.64. The molecule has 1 aliphatic rings. The van der Waals surface area contributed by atoms with Crippen LogP contribution in [0.5, 0.6) is 0 Å². The number of imide groups is 1. The Labute approximate surface area is 145 Å². The van der Waals surface area contributed by atoms with E-state index < -0.39 is 24.6 Å². The maximum Gasteiger partial charge on any atom is 0.344 e. The number of carbonyl (C=O) groups is 4. The molecule has 8 heteroatoms. The minimum absolute atomic E-state index is 0.0448. The van der Waals surface area contributed by atoms with Crippen LogP contribution in [0.4, 0.5) is 4.79 Å². The Balaban J connectivity index is 1.97. The summed E-state index contributed by atoms with van der Waals surface area (Å²) in [5.41, 5.74) is 0.647. The van der Waals surface area contributed by atoms with Crippen molar-refractivity contribution in [1.29, 1.82) is 0 Å². The number of esters is 2. The lowest BCUT2D eigenvalue weighted by Gasteiger charge is -2.15. The van der Waals surface area contributed by atoms with Crippen molar-refractivity contribution < 1.29 is 28.7 Å². The molecule has 134 valence electrons. The molecule has 0 aliphatic carbocycles. The van der Waals surface area contributed by atoms with Crippen LogP contribution in [0, 0.1) is 0 Å². The number of hydrogen-bond acceptors (Lipinski definition) is 6. The zero-order chi connectivity index (χ0) is 18.2. The van der Waals surface area contributed by atoms with E-state index in [1.807, 2.05) is 6.92 Å². The first-order valence-corrected chi connectivity index (χ1v) is 8.01. The van der Waals surface area contributed by atoms with E-state index in [-0.39, 0.29) is 31.2 Å². The molecule has 0 spiro atoms. The van der Waals surface area contributed by atoms with Crippen LogP contribution in [0.2, 0.25) is 0 Å². The van der Waals surface area contributed by atoms with Gasteiger partial charge in [0.2, 0.25) is 5.91 Å². The summed E-state index contributed by atoms with van der Waals surface area (Å²) in [5.74, 6) is -1.70. The van der Waals surface area contributed by atoms with E-state index in [1.165, 1.54) is 6.07 Å². The summed E-state index contributed by atoms with van der Waals surface area (Å²) in [5, 5.41) is 2.41. The van der Waals surface area contributed by atoms with Gasteiger partial charge in [-0.1, -0.05) is 31.5 Å². The van der Waals surface area contributed by atoms with Gasteiger partial charge in [-0.05, 0) is 18.1 Å². The maximum absolute atomic E-state index is 12.2. The minimum Gasteiger partial charge on any atom is -0.463 e. The third-order valence-corrected chi connectivity index (χ3v) is 3.58. The smallest absolute Gasteiger partial charge is 0.344 e. The Morgan fingerprint density at radius 3 is 2.64 bits per heavy atom. The van der Waals surface area contributed by atoms with Gasteiger partial charge in [0.15, 0.2) is 6.61 Å². The molecule has 1 fully saturated rings. The Hall–Kier alpha value is -2.90. The van der Waals surface area contributed by atoms with Crippen LogP contribution in [-0.4, -0.2) is 48.5 Å². The predicted molar refractivity (Wildman–Crippen MR) is 86.5 cm³/mol. The minimum atomic E-state index is -0.713. The largest absolute Gasteiger partial charge is 0.463 e. The van der Waals surface area contributed by atoms with Crippen molar-refractivity contribution in [2.75, 3.05) is 19.8 Å². The molecule has 3 amide bonds. The molecule has 1 aromatic carbocycles. The van der Waals surface area contributed by atoms with Gasteiger partial charge >= 0.3 is 18.0 Å². The number of carbonyl (C=O) groups excluding carboxylic acids is 4. The molecule has 1 N–H and O–H groups in total. The van der Waals surface area contributed by atoms with Crippen LogP contribution in [0.3, 0.4) is 0 Å². The Morgan fingerprint density at radius 2 is 1.96 bits per heavy atom. The number of unbranched alkanes of at least 4 members (excludes halogenated alkanes) is 1. The van der Waals surface area contributed by atoms with Crippen LogP contribution < -0.4 is 5.32 Å². The van der Waals surface area contributed by atoms with Gasteiger partial charge in [0, 0.05) is 0 Å². The second kappa shape index (κ2) is 8.81. The van der Waals surface area contributed by atoms with Crippen molar-refractivity contribution in [3.8, 4) is 0 Å². The molecule has 0 aromatic heterocycles.